The lowest BCUT2D eigenvalue weighted by Crippen LogP contribution is -2.14. The van der Waals surface area contributed by atoms with Crippen LogP contribution >= 0.6 is 11.6 Å². The van der Waals surface area contributed by atoms with Crippen LogP contribution in [-0.4, -0.2) is 18.5 Å². The number of anilines is 1. The molecule has 0 unspecified atom stereocenters. The SMILES string of the molecule is O=S(=O)(Nc1ccc(Cl)nc1CO)c1ccccc1. The predicted octanol–water partition coefficient (Wildman–Crippen LogP) is 2.03. The van der Waals surface area contributed by atoms with Crippen LogP contribution < -0.4 is 4.72 Å². The van der Waals surface area contributed by atoms with Crippen molar-refractivity contribution in [2.24, 2.45) is 0 Å². The first-order valence-corrected chi connectivity index (χ1v) is 7.23. The maximum absolute atomic E-state index is 12.1. The van der Waals surface area contributed by atoms with Crippen molar-refractivity contribution < 1.29 is 13.5 Å². The molecule has 0 bridgehead atoms. The summed E-state index contributed by atoms with van der Waals surface area (Å²) in [5.41, 5.74) is 0.378. The zero-order valence-electron chi connectivity index (χ0n) is 9.75. The molecule has 2 aromatic rings. The lowest BCUT2D eigenvalue weighted by atomic mass is 10.3. The van der Waals surface area contributed by atoms with E-state index in [0.717, 1.165) is 0 Å². The summed E-state index contributed by atoms with van der Waals surface area (Å²) < 4.78 is 26.6. The Morgan fingerprint density at radius 2 is 1.84 bits per heavy atom. The number of sulfonamides is 1. The molecule has 0 saturated heterocycles. The molecule has 0 spiro atoms. The van der Waals surface area contributed by atoms with Crippen molar-refractivity contribution >= 4 is 27.3 Å². The second kappa shape index (κ2) is 5.56. The number of halogens is 1. The number of nitrogens with zero attached hydrogens (tertiary/aromatic N) is 1. The molecule has 7 heteroatoms. The number of hydrogen-bond acceptors (Lipinski definition) is 4. The van der Waals surface area contributed by atoms with Gasteiger partial charge in [-0.3, -0.25) is 4.72 Å². The first-order chi connectivity index (χ1) is 9.03. The maximum atomic E-state index is 12.1. The van der Waals surface area contributed by atoms with Gasteiger partial charge in [0.05, 0.1) is 22.9 Å². The van der Waals surface area contributed by atoms with Crippen molar-refractivity contribution in [2.45, 2.75) is 11.5 Å². The zero-order valence-corrected chi connectivity index (χ0v) is 11.3. The summed E-state index contributed by atoms with van der Waals surface area (Å²) >= 11 is 5.68. The van der Waals surface area contributed by atoms with E-state index < -0.39 is 16.6 Å². The lowest BCUT2D eigenvalue weighted by molar-refractivity contribution is 0.277. The van der Waals surface area contributed by atoms with E-state index >= 15 is 0 Å². The van der Waals surface area contributed by atoms with Gasteiger partial charge in [-0.2, -0.15) is 0 Å². The van der Waals surface area contributed by atoms with Crippen molar-refractivity contribution in [3.05, 3.63) is 53.3 Å². The average Bonchev–Trinajstić information content (AvgIpc) is 2.41. The zero-order chi connectivity index (χ0) is 13.9. The third kappa shape index (κ3) is 3.23. The molecule has 0 saturated carbocycles. The van der Waals surface area contributed by atoms with Gasteiger partial charge in [0, 0.05) is 0 Å². The third-order valence-corrected chi connectivity index (χ3v) is 3.98. The number of aromatic nitrogens is 1. The molecule has 0 radical (unpaired) electrons. The fourth-order valence-corrected chi connectivity index (χ4v) is 2.77. The topological polar surface area (TPSA) is 79.3 Å². The average molecular weight is 299 g/mol. The van der Waals surface area contributed by atoms with Crippen LogP contribution in [0.5, 0.6) is 0 Å². The molecule has 1 aromatic carbocycles. The van der Waals surface area contributed by atoms with E-state index in [-0.39, 0.29) is 21.4 Å². The second-order valence-corrected chi connectivity index (χ2v) is 5.77. The predicted molar refractivity (Wildman–Crippen MR) is 72.4 cm³/mol. The standard InChI is InChI=1S/C12H11ClN2O3S/c13-12-7-6-10(11(8-16)14-12)15-19(17,18)9-4-2-1-3-5-9/h1-7,15-16H,8H2. The summed E-state index contributed by atoms with van der Waals surface area (Å²) in [7, 11) is -3.70. The van der Waals surface area contributed by atoms with Gasteiger partial charge in [-0.1, -0.05) is 29.8 Å². The fraction of sp³-hybridized carbons (Fsp3) is 0.0833. The van der Waals surface area contributed by atoms with Gasteiger partial charge in [0.25, 0.3) is 10.0 Å². The highest BCUT2D eigenvalue weighted by Gasteiger charge is 2.16. The summed E-state index contributed by atoms with van der Waals surface area (Å²) in [6, 6.07) is 10.8. The van der Waals surface area contributed by atoms with E-state index in [1.807, 2.05) is 0 Å². The number of pyridine rings is 1. The van der Waals surface area contributed by atoms with Crippen LogP contribution in [0.3, 0.4) is 0 Å². The molecule has 0 aliphatic rings. The van der Waals surface area contributed by atoms with Gasteiger partial charge >= 0.3 is 0 Å². The van der Waals surface area contributed by atoms with Crippen LogP contribution in [-0.2, 0) is 16.6 Å². The minimum absolute atomic E-state index is 0.133. The minimum atomic E-state index is -3.70. The quantitative estimate of drug-likeness (QED) is 0.847. The number of rotatable bonds is 4. The summed E-state index contributed by atoms with van der Waals surface area (Å²) in [5, 5.41) is 9.34. The number of benzene rings is 1. The van der Waals surface area contributed by atoms with Crippen molar-refractivity contribution in [3.8, 4) is 0 Å². The van der Waals surface area contributed by atoms with Crippen LogP contribution in [0.15, 0.2) is 47.4 Å². The van der Waals surface area contributed by atoms with Crippen molar-refractivity contribution in [2.75, 3.05) is 4.72 Å². The van der Waals surface area contributed by atoms with Gasteiger partial charge in [0.15, 0.2) is 0 Å². The Hall–Kier alpha value is -1.63. The molecule has 19 heavy (non-hydrogen) atoms. The Kier molecular flexibility index (Phi) is 4.04. The van der Waals surface area contributed by atoms with Gasteiger partial charge in [-0.15, -0.1) is 0 Å². The molecule has 0 aliphatic carbocycles. The summed E-state index contributed by atoms with van der Waals surface area (Å²) in [6.07, 6.45) is 0. The van der Waals surface area contributed by atoms with Gasteiger partial charge in [-0.05, 0) is 24.3 Å². The van der Waals surface area contributed by atoms with E-state index in [1.165, 1.54) is 24.3 Å². The Labute approximate surface area is 115 Å². The van der Waals surface area contributed by atoms with Crippen LogP contribution in [0, 0.1) is 0 Å². The molecule has 0 atom stereocenters. The summed E-state index contributed by atoms with van der Waals surface area (Å²) in [6.45, 7) is -0.410. The molecular weight excluding hydrogens is 288 g/mol. The Bertz CT molecular complexity index is 675. The normalized spacial score (nSPS) is 11.3. The number of aliphatic hydroxyl groups excluding tert-OH is 1. The van der Waals surface area contributed by atoms with Crippen LogP contribution in [0.25, 0.3) is 0 Å². The maximum Gasteiger partial charge on any atom is 0.261 e. The second-order valence-electron chi connectivity index (χ2n) is 3.70. The molecule has 0 aliphatic heterocycles. The first kappa shape index (κ1) is 13.8. The summed E-state index contributed by atoms with van der Waals surface area (Å²) in [5.74, 6) is 0. The van der Waals surface area contributed by atoms with Crippen molar-refractivity contribution in [1.82, 2.24) is 4.98 Å². The van der Waals surface area contributed by atoms with E-state index in [2.05, 4.69) is 9.71 Å². The van der Waals surface area contributed by atoms with Crippen LogP contribution in [0.4, 0.5) is 5.69 Å². The van der Waals surface area contributed by atoms with Gasteiger partial charge < -0.3 is 5.11 Å². The smallest absolute Gasteiger partial charge is 0.261 e. The summed E-state index contributed by atoms with van der Waals surface area (Å²) in [4.78, 5) is 3.99. The van der Waals surface area contributed by atoms with Gasteiger partial charge in [0.1, 0.15) is 5.15 Å². The Morgan fingerprint density at radius 3 is 2.47 bits per heavy atom. The van der Waals surface area contributed by atoms with E-state index in [4.69, 9.17) is 16.7 Å². The number of hydrogen-bond donors (Lipinski definition) is 2. The number of nitrogens with one attached hydrogen (secondary N) is 1. The monoisotopic (exact) mass is 298 g/mol. The van der Waals surface area contributed by atoms with Gasteiger partial charge in [0.2, 0.25) is 0 Å². The van der Waals surface area contributed by atoms with E-state index in [0.29, 0.717) is 0 Å². The molecule has 2 N–H and O–H groups in total. The molecule has 5 nitrogen and oxygen atoms in total. The van der Waals surface area contributed by atoms with Gasteiger partial charge in [-0.25, -0.2) is 13.4 Å². The molecule has 0 fully saturated rings. The fourth-order valence-electron chi connectivity index (χ4n) is 1.49. The highest BCUT2D eigenvalue weighted by Crippen LogP contribution is 2.20. The third-order valence-electron chi connectivity index (χ3n) is 2.39. The van der Waals surface area contributed by atoms with Crippen LogP contribution in [0.1, 0.15) is 5.69 Å². The van der Waals surface area contributed by atoms with Crippen molar-refractivity contribution in [1.29, 1.82) is 0 Å². The molecule has 2 rings (SSSR count). The van der Waals surface area contributed by atoms with E-state index in [9.17, 15) is 8.42 Å². The Morgan fingerprint density at radius 1 is 1.16 bits per heavy atom. The van der Waals surface area contributed by atoms with Crippen LogP contribution in [0.2, 0.25) is 5.15 Å². The largest absolute Gasteiger partial charge is 0.390 e. The first-order valence-electron chi connectivity index (χ1n) is 5.37. The highest BCUT2D eigenvalue weighted by molar-refractivity contribution is 7.92. The minimum Gasteiger partial charge on any atom is -0.390 e. The van der Waals surface area contributed by atoms with Crippen molar-refractivity contribution in [3.63, 3.8) is 0 Å². The Balaban J connectivity index is 2.36. The highest BCUT2D eigenvalue weighted by atomic mass is 35.5. The molecule has 100 valence electrons. The molecule has 1 aromatic heterocycles. The molecular formula is C12H11ClN2O3S. The lowest BCUT2D eigenvalue weighted by Gasteiger charge is -2.10. The molecule has 0 amide bonds. The number of aliphatic hydroxyl groups is 1. The van der Waals surface area contributed by atoms with E-state index in [1.54, 1.807) is 18.2 Å². The molecule has 1 heterocycles.